The van der Waals surface area contributed by atoms with Crippen LogP contribution in [-0.2, 0) is 4.74 Å². The van der Waals surface area contributed by atoms with E-state index in [9.17, 15) is 13.2 Å². The molecule has 6 heteroatoms. The highest BCUT2D eigenvalue weighted by molar-refractivity contribution is 4.81. The molecule has 2 unspecified atom stereocenters. The highest BCUT2D eigenvalue weighted by Gasteiger charge is 2.29. The van der Waals surface area contributed by atoms with Gasteiger partial charge in [0, 0.05) is 31.7 Å². The van der Waals surface area contributed by atoms with Crippen LogP contribution in [-0.4, -0.2) is 57.0 Å². The third-order valence-electron chi connectivity index (χ3n) is 3.29. The summed E-state index contributed by atoms with van der Waals surface area (Å²) in [6.07, 6.45) is -3.83. The Hall–Kier alpha value is -0.330. The number of hydrogen-bond donors (Lipinski definition) is 1. The van der Waals surface area contributed by atoms with E-state index < -0.39 is 12.6 Å². The fourth-order valence-corrected chi connectivity index (χ4v) is 2.26. The summed E-state index contributed by atoms with van der Waals surface area (Å²) in [4.78, 5) is 1.75. The van der Waals surface area contributed by atoms with Gasteiger partial charge in [-0.1, -0.05) is 6.92 Å². The smallest absolute Gasteiger partial charge is 0.381 e. The van der Waals surface area contributed by atoms with Gasteiger partial charge in [-0.25, -0.2) is 0 Å². The normalized spacial score (nSPS) is 22.7. The monoisotopic (exact) mass is 268 g/mol. The lowest BCUT2D eigenvalue weighted by Crippen LogP contribution is -2.45. The lowest BCUT2D eigenvalue weighted by molar-refractivity contribution is -0.137. The summed E-state index contributed by atoms with van der Waals surface area (Å²) in [6.45, 7) is 5.01. The molecule has 0 aliphatic carbocycles. The SMILES string of the molecule is CCNC(CN(C)CCC(F)(F)F)C1CCOC1. The predicted molar refractivity (Wildman–Crippen MR) is 64.6 cm³/mol. The van der Waals surface area contributed by atoms with E-state index >= 15 is 0 Å². The van der Waals surface area contributed by atoms with Crippen molar-refractivity contribution < 1.29 is 17.9 Å². The van der Waals surface area contributed by atoms with Crippen LogP contribution >= 0.6 is 0 Å². The Balaban J connectivity index is 2.35. The number of rotatable bonds is 7. The molecule has 1 rings (SSSR count). The third kappa shape index (κ3) is 6.02. The zero-order valence-corrected chi connectivity index (χ0v) is 11.1. The number of halogens is 3. The summed E-state index contributed by atoms with van der Waals surface area (Å²) in [5.74, 6) is 0.415. The van der Waals surface area contributed by atoms with Gasteiger partial charge in [-0.3, -0.25) is 0 Å². The first-order chi connectivity index (χ1) is 8.42. The van der Waals surface area contributed by atoms with Crippen molar-refractivity contribution in [1.29, 1.82) is 0 Å². The molecule has 0 amide bonds. The number of nitrogens with zero attached hydrogens (tertiary/aromatic N) is 1. The number of alkyl halides is 3. The molecule has 0 bridgehead atoms. The summed E-state index contributed by atoms with van der Waals surface area (Å²) in [7, 11) is 1.74. The molecule has 2 atom stereocenters. The van der Waals surface area contributed by atoms with Gasteiger partial charge in [0.15, 0.2) is 0 Å². The Bertz CT molecular complexity index is 230. The van der Waals surface area contributed by atoms with Crippen LogP contribution in [0.25, 0.3) is 0 Å². The summed E-state index contributed by atoms with van der Waals surface area (Å²) in [5, 5.41) is 3.35. The minimum atomic E-state index is -4.07. The van der Waals surface area contributed by atoms with Crippen molar-refractivity contribution in [1.82, 2.24) is 10.2 Å². The molecule has 1 aliphatic rings. The molecule has 18 heavy (non-hydrogen) atoms. The average Bonchev–Trinajstić information content (AvgIpc) is 2.78. The quantitative estimate of drug-likeness (QED) is 0.763. The van der Waals surface area contributed by atoms with Crippen LogP contribution in [0.5, 0.6) is 0 Å². The topological polar surface area (TPSA) is 24.5 Å². The Kier molecular flexibility index (Phi) is 6.38. The molecule has 1 aliphatic heterocycles. The van der Waals surface area contributed by atoms with Gasteiger partial charge in [0.1, 0.15) is 0 Å². The number of hydrogen-bond acceptors (Lipinski definition) is 3. The van der Waals surface area contributed by atoms with Crippen LogP contribution in [0, 0.1) is 5.92 Å². The number of nitrogens with one attached hydrogen (secondary N) is 1. The van der Waals surface area contributed by atoms with Gasteiger partial charge in [0.25, 0.3) is 0 Å². The molecule has 1 fully saturated rings. The van der Waals surface area contributed by atoms with Crippen LogP contribution in [0.4, 0.5) is 13.2 Å². The standard InChI is InChI=1S/C12H23F3N2O/c1-3-16-11(10-4-7-18-9-10)8-17(2)6-5-12(13,14)15/h10-11,16H,3-9H2,1-2H3. The minimum absolute atomic E-state index is 0.0545. The maximum atomic E-state index is 12.1. The maximum absolute atomic E-state index is 12.1. The van der Waals surface area contributed by atoms with E-state index in [4.69, 9.17) is 4.74 Å². The second kappa shape index (κ2) is 7.31. The van der Waals surface area contributed by atoms with Gasteiger partial charge >= 0.3 is 6.18 Å². The molecule has 0 radical (unpaired) electrons. The van der Waals surface area contributed by atoms with Gasteiger partial charge in [0.2, 0.25) is 0 Å². The van der Waals surface area contributed by atoms with E-state index in [1.807, 2.05) is 6.92 Å². The number of ether oxygens (including phenoxy) is 1. The molecule has 1 N–H and O–H groups in total. The highest BCUT2D eigenvalue weighted by Crippen LogP contribution is 2.21. The fraction of sp³-hybridized carbons (Fsp3) is 1.00. The van der Waals surface area contributed by atoms with E-state index in [2.05, 4.69) is 5.32 Å². The van der Waals surface area contributed by atoms with E-state index in [1.54, 1.807) is 11.9 Å². The van der Waals surface area contributed by atoms with Crippen LogP contribution in [0.1, 0.15) is 19.8 Å². The zero-order valence-electron chi connectivity index (χ0n) is 11.1. The molecular weight excluding hydrogens is 245 g/mol. The Morgan fingerprint density at radius 3 is 2.67 bits per heavy atom. The van der Waals surface area contributed by atoms with Crippen LogP contribution in [0.3, 0.4) is 0 Å². The highest BCUT2D eigenvalue weighted by atomic mass is 19.4. The first kappa shape index (κ1) is 15.7. The molecule has 0 aromatic rings. The van der Waals surface area contributed by atoms with Gasteiger partial charge in [-0.2, -0.15) is 13.2 Å². The van der Waals surface area contributed by atoms with Crippen LogP contribution < -0.4 is 5.32 Å². The first-order valence-corrected chi connectivity index (χ1v) is 6.48. The zero-order chi connectivity index (χ0) is 13.6. The van der Waals surface area contributed by atoms with Crippen molar-refractivity contribution in [3.8, 4) is 0 Å². The molecule has 108 valence electrons. The van der Waals surface area contributed by atoms with E-state index in [-0.39, 0.29) is 12.6 Å². The lowest BCUT2D eigenvalue weighted by atomic mass is 9.98. The van der Waals surface area contributed by atoms with Crippen LogP contribution in [0.2, 0.25) is 0 Å². The largest absolute Gasteiger partial charge is 0.390 e. The van der Waals surface area contributed by atoms with E-state index in [1.165, 1.54) is 0 Å². The molecule has 1 heterocycles. The predicted octanol–water partition coefficient (Wildman–Crippen LogP) is 1.89. The molecule has 0 spiro atoms. The minimum Gasteiger partial charge on any atom is -0.381 e. The van der Waals surface area contributed by atoms with Crippen molar-refractivity contribution in [2.75, 3.05) is 39.9 Å². The summed E-state index contributed by atoms with van der Waals surface area (Å²) >= 11 is 0. The average molecular weight is 268 g/mol. The third-order valence-corrected chi connectivity index (χ3v) is 3.29. The van der Waals surface area contributed by atoms with Crippen LogP contribution in [0.15, 0.2) is 0 Å². The Labute approximate surface area is 107 Å². The van der Waals surface area contributed by atoms with Crippen molar-refractivity contribution in [2.24, 2.45) is 5.92 Å². The van der Waals surface area contributed by atoms with Gasteiger partial charge in [0.05, 0.1) is 13.0 Å². The van der Waals surface area contributed by atoms with Crippen molar-refractivity contribution in [2.45, 2.75) is 32.0 Å². The molecule has 0 aromatic heterocycles. The Morgan fingerprint density at radius 2 is 2.17 bits per heavy atom. The Morgan fingerprint density at radius 1 is 1.44 bits per heavy atom. The summed E-state index contributed by atoms with van der Waals surface area (Å²) in [5.41, 5.74) is 0. The fourth-order valence-electron chi connectivity index (χ4n) is 2.26. The molecular formula is C12H23F3N2O. The van der Waals surface area contributed by atoms with E-state index in [0.29, 0.717) is 19.1 Å². The van der Waals surface area contributed by atoms with Gasteiger partial charge < -0.3 is 15.0 Å². The molecule has 3 nitrogen and oxygen atoms in total. The van der Waals surface area contributed by atoms with Gasteiger partial charge in [-0.05, 0) is 20.0 Å². The van der Waals surface area contributed by atoms with Crippen molar-refractivity contribution in [3.05, 3.63) is 0 Å². The second-order valence-corrected chi connectivity index (χ2v) is 4.92. The van der Waals surface area contributed by atoms with Gasteiger partial charge in [-0.15, -0.1) is 0 Å². The molecule has 0 saturated carbocycles. The molecule has 1 saturated heterocycles. The van der Waals surface area contributed by atoms with Crippen molar-refractivity contribution in [3.63, 3.8) is 0 Å². The second-order valence-electron chi connectivity index (χ2n) is 4.92. The summed E-state index contributed by atoms with van der Waals surface area (Å²) < 4.78 is 41.8. The molecule has 0 aromatic carbocycles. The van der Waals surface area contributed by atoms with E-state index in [0.717, 1.165) is 19.6 Å². The van der Waals surface area contributed by atoms with Crippen molar-refractivity contribution >= 4 is 0 Å². The maximum Gasteiger partial charge on any atom is 0.390 e. The summed E-state index contributed by atoms with van der Waals surface area (Å²) in [6, 6.07) is 0.218. The number of likely N-dealkylation sites (N-methyl/N-ethyl adjacent to an activating group) is 2. The lowest BCUT2D eigenvalue weighted by Gasteiger charge is -2.28. The first-order valence-electron chi connectivity index (χ1n) is 6.48.